The maximum absolute atomic E-state index is 2.41. The Kier molecular flexibility index (Phi) is 3.44. The zero-order valence-corrected chi connectivity index (χ0v) is 17.6. The van der Waals surface area contributed by atoms with E-state index in [-0.39, 0.29) is 10.8 Å². The van der Waals surface area contributed by atoms with Crippen molar-refractivity contribution < 1.29 is 0 Å². The van der Waals surface area contributed by atoms with E-state index in [2.05, 4.69) is 95.3 Å². The van der Waals surface area contributed by atoms with Crippen molar-refractivity contribution >= 4 is 31.5 Å². The molecule has 0 aliphatic heterocycles. The maximum Gasteiger partial charge on any atom is 0.0399 e. The van der Waals surface area contributed by atoms with E-state index in [9.17, 15) is 0 Å². The van der Waals surface area contributed by atoms with Gasteiger partial charge in [0.1, 0.15) is 0 Å². The molecule has 136 valence electrons. The lowest BCUT2D eigenvalue weighted by molar-refractivity contribution is 0.529. The highest BCUT2D eigenvalue weighted by Crippen LogP contribution is 2.54. The van der Waals surface area contributed by atoms with Crippen LogP contribution in [0.4, 0.5) is 0 Å². The molecular weight excluding hydrogens is 344 g/mol. The first-order valence-electron chi connectivity index (χ1n) is 9.88. The predicted octanol–water partition coefficient (Wildman–Crippen LogP) is 7.68. The fourth-order valence-electron chi connectivity index (χ4n) is 5.04. The van der Waals surface area contributed by atoms with Crippen LogP contribution in [0.3, 0.4) is 0 Å². The molecule has 3 aromatic rings. The molecule has 0 radical (unpaired) electrons. The van der Waals surface area contributed by atoms with E-state index in [1.165, 1.54) is 42.4 Å². The summed E-state index contributed by atoms with van der Waals surface area (Å²) in [6.07, 6.45) is 9.49. The van der Waals surface area contributed by atoms with E-state index in [1.807, 2.05) is 11.3 Å². The van der Waals surface area contributed by atoms with E-state index >= 15 is 0 Å². The molecule has 2 aliphatic carbocycles. The van der Waals surface area contributed by atoms with E-state index in [0.717, 1.165) is 0 Å². The van der Waals surface area contributed by atoms with Gasteiger partial charge in [-0.15, -0.1) is 11.3 Å². The van der Waals surface area contributed by atoms with Gasteiger partial charge in [0.15, 0.2) is 0 Å². The van der Waals surface area contributed by atoms with Gasteiger partial charge in [-0.05, 0) is 34.3 Å². The molecule has 1 heterocycles. The molecule has 0 fully saturated rings. The highest BCUT2D eigenvalue weighted by Gasteiger charge is 2.43. The second-order valence-corrected chi connectivity index (χ2v) is 10.2. The maximum atomic E-state index is 2.41. The SMILES string of the molecule is CC1C=CC2=C(C=C1)C(C)(C)c1c(ccc3c1sc1ccccc13)C2(C)C. The van der Waals surface area contributed by atoms with Crippen LogP contribution in [0.25, 0.3) is 20.2 Å². The second kappa shape index (κ2) is 5.45. The summed E-state index contributed by atoms with van der Waals surface area (Å²) < 4.78 is 2.85. The Morgan fingerprint density at radius 2 is 1.44 bits per heavy atom. The minimum Gasteiger partial charge on any atom is -0.135 e. The van der Waals surface area contributed by atoms with Gasteiger partial charge in [0.05, 0.1) is 0 Å². The first kappa shape index (κ1) is 17.0. The lowest BCUT2D eigenvalue weighted by atomic mass is 9.59. The van der Waals surface area contributed by atoms with Crippen LogP contribution in [0.2, 0.25) is 0 Å². The number of fused-ring (bicyclic) bond motifs is 5. The van der Waals surface area contributed by atoms with E-state index in [4.69, 9.17) is 0 Å². The molecule has 1 unspecified atom stereocenters. The molecule has 1 aromatic heterocycles. The van der Waals surface area contributed by atoms with Crippen molar-refractivity contribution in [2.24, 2.45) is 5.92 Å². The monoisotopic (exact) mass is 370 g/mol. The minimum atomic E-state index is -0.00846. The number of thiophene rings is 1. The van der Waals surface area contributed by atoms with Gasteiger partial charge >= 0.3 is 0 Å². The smallest absolute Gasteiger partial charge is 0.0399 e. The third-order valence-corrected chi connectivity index (χ3v) is 7.82. The Morgan fingerprint density at radius 1 is 0.778 bits per heavy atom. The number of allylic oxidation sites excluding steroid dienone is 6. The summed E-state index contributed by atoms with van der Waals surface area (Å²) in [4.78, 5) is 0. The first-order valence-corrected chi connectivity index (χ1v) is 10.7. The average molecular weight is 371 g/mol. The fourth-order valence-corrected chi connectivity index (χ4v) is 6.45. The summed E-state index contributed by atoms with van der Waals surface area (Å²) >= 11 is 1.96. The predicted molar refractivity (Wildman–Crippen MR) is 120 cm³/mol. The summed E-state index contributed by atoms with van der Waals surface area (Å²) in [5.41, 5.74) is 5.96. The van der Waals surface area contributed by atoms with Crippen LogP contribution in [-0.2, 0) is 10.8 Å². The molecule has 1 heteroatoms. The molecule has 27 heavy (non-hydrogen) atoms. The van der Waals surface area contributed by atoms with Crippen molar-refractivity contribution in [1.29, 1.82) is 0 Å². The summed E-state index contributed by atoms with van der Waals surface area (Å²) in [5, 5.41) is 2.79. The summed E-state index contributed by atoms with van der Waals surface area (Å²) in [6.45, 7) is 11.9. The van der Waals surface area contributed by atoms with Crippen LogP contribution in [0.15, 0.2) is 71.8 Å². The number of hydrogen-bond acceptors (Lipinski definition) is 1. The third kappa shape index (κ3) is 2.21. The Balaban J connectivity index is 1.92. The summed E-state index contributed by atoms with van der Waals surface area (Å²) in [7, 11) is 0. The molecule has 2 aliphatic rings. The molecule has 0 amide bonds. The quantitative estimate of drug-likeness (QED) is 0.380. The highest BCUT2D eigenvalue weighted by atomic mass is 32.1. The minimum absolute atomic E-state index is 0.00846. The van der Waals surface area contributed by atoms with Gasteiger partial charge in [0, 0.05) is 31.0 Å². The van der Waals surface area contributed by atoms with Crippen LogP contribution in [-0.4, -0.2) is 0 Å². The topological polar surface area (TPSA) is 0 Å². The van der Waals surface area contributed by atoms with E-state index in [0.29, 0.717) is 5.92 Å². The van der Waals surface area contributed by atoms with Crippen molar-refractivity contribution in [3.05, 3.63) is 83.0 Å². The number of rotatable bonds is 0. The van der Waals surface area contributed by atoms with Crippen molar-refractivity contribution in [3.8, 4) is 0 Å². The Morgan fingerprint density at radius 3 is 2.19 bits per heavy atom. The molecular formula is C26H26S. The van der Waals surface area contributed by atoms with Gasteiger partial charge in [0.25, 0.3) is 0 Å². The molecule has 0 saturated carbocycles. The van der Waals surface area contributed by atoms with Crippen LogP contribution in [0.1, 0.15) is 45.7 Å². The van der Waals surface area contributed by atoms with Gasteiger partial charge < -0.3 is 0 Å². The lowest BCUT2D eigenvalue weighted by Crippen LogP contribution is -2.36. The van der Waals surface area contributed by atoms with Crippen LogP contribution >= 0.6 is 11.3 Å². The van der Waals surface area contributed by atoms with Crippen molar-refractivity contribution in [1.82, 2.24) is 0 Å². The second-order valence-electron chi connectivity index (χ2n) is 9.12. The zero-order valence-electron chi connectivity index (χ0n) is 16.8. The molecule has 0 N–H and O–H groups in total. The molecule has 1 atom stereocenters. The number of hydrogen-bond donors (Lipinski definition) is 0. The zero-order chi connectivity index (χ0) is 19.0. The van der Waals surface area contributed by atoms with E-state index in [1.54, 1.807) is 0 Å². The average Bonchev–Trinajstić information content (AvgIpc) is 2.87. The molecule has 0 bridgehead atoms. The van der Waals surface area contributed by atoms with Crippen molar-refractivity contribution in [3.63, 3.8) is 0 Å². The van der Waals surface area contributed by atoms with Gasteiger partial charge in [-0.25, -0.2) is 0 Å². The molecule has 0 spiro atoms. The van der Waals surface area contributed by atoms with Crippen molar-refractivity contribution in [2.75, 3.05) is 0 Å². The first-order chi connectivity index (χ1) is 12.8. The third-order valence-electron chi connectivity index (χ3n) is 6.62. The van der Waals surface area contributed by atoms with Gasteiger partial charge in [-0.3, -0.25) is 0 Å². The highest BCUT2D eigenvalue weighted by molar-refractivity contribution is 7.26. The summed E-state index contributed by atoms with van der Waals surface area (Å²) in [6, 6.07) is 13.6. The summed E-state index contributed by atoms with van der Waals surface area (Å²) in [5.74, 6) is 0.481. The molecule has 2 aromatic carbocycles. The standard InChI is InChI=1S/C26H26S/c1-16-10-13-19-20(14-11-16)26(4,5)23-21(25(19,2)3)15-12-18-17-8-6-7-9-22(17)27-24(18)23/h6-16H,1-5H3. The van der Waals surface area contributed by atoms with Gasteiger partial charge in [-0.1, -0.05) is 89.3 Å². The normalized spacial score (nSPS) is 22.8. The van der Waals surface area contributed by atoms with Crippen LogP contribution < -0.4 is 0 Å². The van der Waals surface area contributed by atoms with Crippen molar-refractivity contribution in [2.45, 2.75) is 45.4 Å². The Labute approximate surface area is 165 Å². The van der Waals surface area contributed by atoms with Crippen LogP contribution in [0, 0.1) is 5.92 Å². The molecule has 5 rings (SSSR count). The Bertz CT molecular complexity index is 1180. The molecule has 0 nitrogen and oxygen atoms in total. The van der Waals surface area contributed by atoms with Gasteiger partial charge in [-0.2, -0.15) is 0 Å². The Hall–Kier alpha value is -2.12. The number of benzene rings is 2. The fraction of sp³-hybridized carbons (Fsp3) is 0.308. The largest absolute Gasteiger partial charge is 0.135 e. The van der Waals surface area contributed by atoms with Gasteiger partial charge in [0.2, 0.25) is 0 Å². The van der Waals surface area contributed by atoms with Crippen LogP contribution in [0.5, 0.6) is 0 Å². The van der Waals surface area contributed by atoms with E-state index < -0.39 is 0 Å². The molecule has 0 saturated heterocycles. The lowest BCUT2D eigenvalue weighted by Gasteiger charge is -2.44.